The van der Waals surface area contributed by atoms with Crippen LogP contribution in [-0.4, -0.2) is 31.6 Å². The summed E-state index contributed by atoms with van der Waals surface area (Å²) in [6, 6.07) is 15.8. The Balaban J connectivity index is 1.51. The first-order valence-corrected chi connectivity index (χ1v) is 10.2. The number of ether oxygens (including phenoxy) is 1. The highest BCUT2D eigenvalue weighted by Crippen LogP contribution is 2.25. The van der Waals surface area contributed by atoms with Gasteiger partial charge in [0.1, 0.15) is 5.75 Å². The Labute approximate surface area is 168 Å². The van der Waals surface area contributed by atoms with Gasteiger partial charge in [0, 0.05) is 24.5 Å². The molecule has 1 aliphatic rings. The van der Waals surface area contributed by atoms with Crippen molar-refractivity contribution in [2.24, 2.45) is 5.92 Å². The molecule has 5 nitrogen and oxygen atoms in total. The monoisotopic (exact) mass is 381 g/mol. The number of para-hydroxylation sites is 2. The number of carbonyl (C=O) groups is 1. The SMILES string of the molecule is CC1CCN(c2ccc(NCC(=O)Nc3ccccc3OC(C)C)cc2)CC1. The van der Waals surface area contributed by atoms with Gasteiger partial charge in [-0.3, -0.25) is 4.79 Å². The highest BCUT2D eigenvalue weighted by Gasteiger charge is 2.16. The second-order valence-corrected chi connectivity index (χ2v) is 7.78. The summed E-state index contributed by atoms with van der Waals surface area (Å²) >= 11 is 0. The van der Waals surface area contributed by atoms with Crippen LogP contribution in [-0.2, 0) is 4.79 Å². The van der Waals surface area contributed by atoms with Crippen molar-refractivity contribution in [3.8, 4) is 5.75 Å². The zero-order chi connectivity index (χ0) is 19.9. The molecular weight excluding hydrogens is 350 g/mol. The maximum absolute atomic E-state index is 12.3. The van der Waals surface area contributed by atoms with Crippen molar-refractivity contribution in [3.05, 3.63) is 48.5 Å². The summed E-state index contributed by atoms with van der Waals surface area (Å²) in [5.74, 6) is 1.41. The summed E-state index contributed by atoms with van der Waals surface area (Å²) in [5, 5.41) is 6.11. The van der Waals surface area contributed by atoms with Gasteiger partial charge in [0.05, 0.1) is 18.3 Å². The van der Waals surface area contributed by atoms with E-state index in [0.717, 1.165) is 24.7 Å². The van der Waals surface area contributed by atoms with Gasteiger partial charge >= 0.3 is 0 Å². The number of hydrogen-bond donors (Lipinski definition) is 2. The predicted octanol–water partition coefficient (Wildman–Crippen LogP) is 4.76. The zero-order valence-corrected chi connectivity index (χ0v) is 17.1. The summed E-state index contributed by atoms with van der Waals surface area (Å²) in [4.78, 5) is 14.8. The van der Waals surface area contributed by atoms with Crippen LogP contribution in [0, 0.1) is 5.92 Å². The van der Waals surface area contributed by atoms with Crippen molar-refractivity contribution < 1.29 is 9.53 Å². The Hall–Kier alpha value is -2.69. The number of nitrogens with one attached hydrogen (secondary N) is 2. The fraction of sp³-hybridized carbons (Fsp3) is 0.435. The van der Waals surface area contributed by atoms with E-state index in [1.54, 1.807) is 0 Å². The summed E-state index contributed by atoms with van der Waals surface area (Å²) in [6.07, 6.45) is 2.56. The molecule has 0 saturated carbocycles. The Morgan fingerprint density at radius 1 is 1.11 bits per heavy atom. The van der Waals surface area contributed by atoms with E-state index >= 15 is 0 Å². The normalized spacial score (nSPS) is 14.8. The molecule has 2 N–H and O–H groups in total. The smallest absolute Gasteiger partial charge is 0.243 e. The summed E-state index contributed by atoms with van der Waals surface area (Å²) in [5.41, 5.74) is 2.88. The molecule has 1 saturated heterocycles. The molecule has 5 heteroatoms. The standard InChI is InChI=1S/C23H31N3O2/c1-17(2)28-22-7-5-4-6-21(22)25-23(27)16-24-19-8-10-20(11-9-19)26-14-12-18(3)13-15-26/h4-11,17-18,24H,12-16H2,1-3H3,(H,25,27). The topological polar surface area (TPSA) is 53.6 Å². The van der Waals surface area contributed by atoms with Crippen LogP contribution < -0.4 is 20.3 Å². The Morgan fingerprint density at radius 3 is 2.46 bits per heavy atom. The number of carbonyl (C=O) groups excluding carboxylic acids is 1. The van der Waals surface area contributed by atoms with Gasteiger partial charge in [-0.05, 0) is 69.0 Å². The number of nitrogens with zero attached hydrogens (tertiary/aromatic N) is 1. The third-order valence-corrected chi connectivity index (χ3v) is 4.99. The van der Waals surface area contributed by atoms with Crippen molar-refractivity contribution in [3.63, 3.8) is 0 Å². The van der Waals surface area contributed by atoms with Gasteiger partial charge in [0.25, 0.3) is 0 Å². The average Bonchev–Trinajstić information content (AvgIpc) is 2.69. The molecule has 28 heavy (non-hydrogen) atoms. The first-order chi connectivity index (χ1) is 13.5. The number of amides is 1. The lowest BCUT2D eigenvalue weighted by molar-refractivity contribution is -0.114. The van der Waals surface area contributed by atoms with E-state index in [9.17, 15) is 4.79 Å². The second kappa shape index (κ2) is 9.49. The van der Waals surface area contributed by atoms with Crippen molar-refractivity contribution in [1.82, 2.24) is 0 Å². The molecule has 0 spiro atoms. The second-order valence-electron chi connectivity index (χ2n) is 7.78. The predicted molar refractivity (Wildman–Crippen MR) is 116 cm³/mol. The first-order valence-electron chi connectivity index (χ1n) is 10.2. The van der Waals surface area contributed by atoms with E-state index in [4.69, 9.17) is 4.74 Å². The van der Waals surface area contributed by atoms with Crippen LogP contribution in [0.5, 0.6) is 5.75 Å². The number of anilines is 3. The Morgan fingerprint density at radius 2 is 1.79 bits per heavy atom. The van der Waals surface area contributed by atoms with Gasteiger partial charge in [-0.2, -0.15) is 0 Å². The number of piperidine rings is 1. The summed E-state index contributed by atoms with van der Waals surface area (Å²) in [6.45, 7) is 8.70. The molecule has 0 radical (unpaired) electrons. The van der Waals surface area contributed by atoms with Gasteiger partial charge in [-0.15, -0.1) is 0 Å². The molecule has 150 valence electrons. The van der Waals surface area contributed by atoms with Gasteiger partial charge < -0.3 is 20.3 Å². The van der Waals surface area contributed by atoms with Gasteiger partial charge in [0.15, 0.2) is 0 Å². The van der Waals surface area contributed by atoms with Gasteiger partial charge in [0.2, 0.25) is 5.91 Å². The highest BCUT2D eigenvalue weighted by molar-refractivity contribution is 5.95. The molecule has 1 fully saturated rings. The van der Waals surface area contributed by atoms with Crippen LogP contribution >= 0.6 is 0 Å². The molecule has 0 aromatic heterocycles. The van der Waals surface area contributed by atoms with Crippen molar-refractivity contribution in [2.75, 3.05) is 35.2 Å². The largest absolute Gasteiger partial charge is 0.489 e. The van der Waals surface area contributed by atoms with E-state index in [1.165, 1.54) is 18.5 Å². The quantitative estimate of drug-likeness (QED) is 0.726. The number of benzene rings is 2. The molecule has 1 amide bonds. The van der Waals surface area contributed by atoms with E-state index in [1.807, 2.05) is 50.2 Å². The maximum Gasteiger partial charge on any atom is 0.243 e. The van der Waals surface area contributed by atoms with Crippen molar-refractivity contribution in [2.45, 2.75) is 39.7 Å². The molecule has 2 aromatic carbocycles. The molecule has 3 rings (SSSR count). The maximum atomic E-state index is 12.3. The lowest BCUT2D eigenvalue weighted by Crippen LogP contribution is -2.32. The Bertz CT molecular complexity index is 766. The third kappa shape index (κ3) is 5.65. The van der Waals surface area contributed by atoms with Crippen LogP contribution in [0.25, 0.3) is 0 Å². The van der Waals surface area contributed by atoms with Gasteiger partial charge in [-0.25, -0.2) is 0 Å². The van der Waals surface area contributed by atoms with Crippen LogP contribution in [0.15, 0.2) is 48.5 Å². The number of rotatable bonds is 7. The highest BCUT2D eigenvalue weighted by atomic mass is 16.5. The van der Waals surface area contributed by atoms with E-state index in [0.29, 0.717) is 11.4 Å². The summed E-state index contributed by atoms with van der Waals surface area (Å²) < 4.78 is 5.75. The molecule has 1 aliphatic heterocycles. The van der Waals surface area contributed by atoms with E-state index in [2.05, 4.69) is 34.6 Å². The van der Waals surface area contributed by atoms with Crippen LogP contribution in [0.3, 0.4) is 0 Å². The molecular formula is C23H31N3O2. The van der Waals surface area contributed by atoms with Crippen molar-refractivity contribution >= 4 is 23.0 Å². The molecule has 0 aliphatic carbocycles. The molecule has 0 atom stereocenters. The molecule has 0 bridgehead atoms. The van der Waals surface area contributed by atoms with Crippen LogP contribution in [0.2, 0.25) is 0 Å². The molecule has 0 unspecified atom stereocenters. The fourth-order valence-corrected chi connectivity index (χ4v) is 3.36. The molecule has 2 aromatic rings. The number of hydrogen-bond acceptors (Lipinski definition) is 4. The third-order valence-electron chi connectivity index (χ3n) is 4.99. The van der Waals surface area contributed by atoms with E-state index < -0.39 is 0 Å². The Kier molecular flexibility index (Phi) is 6.80. The minimum atomic E-state index is -0.103. The lowest BCUT2D eigenvalue weighted by atomic mass is 9.99. The lowest BCUT2D eigenvalue weighted by Gasteiger charge is -2.32. The summed E-state index contributed by atoms with van der Waals surface area (Å²) in [7, 11) is 0. The van der Waals surface area contributed by atoms with Crippen LogP contribution in [0.1, 0.15) is 33.6 Å². The first kappa shape index (κ1) is 20.1. The minimum Gasteiger partial charge on any atom is -0.489 e. The van der Waals surface area contributed by atoms with Crippen molar-refractivity contribution in [1.29, 1.82) is 0 Å². The zero-order valence-electron chi connectivity index (χ0n) is 17.1. The molecule has 1 heterocycles. The van der Waals surface area contributed by atoms with E-state index in [-0.39, 0.29) is 18.6 Å². The van der Waals surface area contributed by atoms with Crippen LogP contribution in [0.4, 0.5) is 17.1 Å². The fourth-order valence-electron chi connectivity index (χ4n) is 3.36. The average molecular weight is 382 g/mol. The minimum absolute atomic E-state index is 0.0535. The van der Waals surface area contributed by atoms with Gasteiger partial charge in [-0.1, -0.05) is 19.1 Å².